The summed E-state index contributed by atoms with van der Waals surface area (Å²) >= 11 is 0. The molecule has 0 spiro atoms. The summed E-state index contributed by atoms with van der Waals surface area (Å²) in [6.07, 6.45) is -2.47. The van der Waals surface area contributed by atoms with E-state index in [9.17, 15) is 31.2 Å². The number of rotatable bonds is 8. The number of esters is 2. The molecule has 0 unspecified atom stereocenters. The highest BCUT2D eigenvalue weighted by atomic mass is 32.2. The summed E-state index contributed by atoms with van der Waals surface area (Å²) in [5, 5.41) is 9.01. The molecule has 8 nitrogen and oxygen atoms in total. The number of ether oxygens (including phenoxy) is 2. The van der Waals surface area contributed by atoms with Crippen molar-refractivity contribution in [2.45, 2.75) is 58.3 Å². The monoisotopic (exact) mass is 424 g/mol. The fraction of sp³-hybridized carbons (Fsp3) is 0.867. The maximum absolute atomic E-state index is 12.0. The minimum absolute atomic E-state index is 0.192. The second-order valence-electron chi connectivity index (χ2n) is 6.31. The van der Waals surface area contributed by atoms with Crippen molar-refractivity contribution in [3.8, 4) is 0 Å². The topological polar surface area (TPSA) is 116 Å². The number of halogens is 3. The van der Waals surface area contributed by atoms with Crippen molar-refractivity contribution in [2.75, 3.05) is 14.2 Å². The van der Waals surface area contributed by atoms with Crippen molar-refractivity contribution in [1.82, 2.24) is 0 Å². The van der Waals surface area contributed by atoms with Crippen molar-refractivity contribution in [3.63, 3.8) is 0 Å². The highest BCUT2D eigenvalue weighted by molar-refractivity contribution is 7.87. The van der Waals surface area contributed by atoms with E-state index in [4.69, 9.17) is 5.11 Å². The highest BCUT2D eigenvalue weighted by Crippen LogP contribution is 2.27. The minimum atomic E-state index is -5.80. The molecule has 27 heavy (non-hydrogen) atoms. The number of carbonyl (C=O) groups is 2. The Morgan fingerprint density at radius 1 is 0.926 bits per heavy atom. The zero-order valence-corrected chi connectivity index (χ0v) is 16.9. The molecule has 12 heteroatoms. The molecule has 162 valence electrons. The van der Waals surface area contributed by atoms with Crippen molar-refractivity contribution in [1.29, 1.82) is 0 Å². The Balaban J connectivity index is 0. The number of alkyl halides is 3. The van der Waals surface area contributed by atoms with Gasteiger partial charge in [-0.1, -0.05) is 27.7 Å². The molecular weight excluding hydrogens is 397 g/mol. The summed E-state index contributed by atoms with van der Waals surface area (Å²) in [6.45, 7) is 7.07. The molecule has 0 aliphatic carbocycles. The zero-order chi connectivity index (χ0) is 22.0. The first-order valence-electron chi connectivity index (χ1n) is 7.92. The summed E-state index contributed by atoms with van der Waals surface area (Å²) in [6, 6.07) is 0. The number of aliphatic hydroxyl groups is 1. The lowest BCUT2D eigenvalue weighted by Crippen LogP contribution is -2.35. The molecule has 0 heterocycles. The lowest BCUT2D eigenvalue weighted by atomic mass is 10.1. The van der Waals surface area contributed by atoms with E-state index >= 15 is 0 Å². The molecule has 0 amide bonds. The van der Waals surface area contributed by atoms with Crippen LogP contribution in [0.2, 0.25) is 0 Å². The van der Waals surface area contributed by atoms with Crippen LogP contribution in [-0.2, 0) is 33.4 Å². The molecule has 0 aliphatic heterocycles. The van der Waals surface area contributed by atoms with Crippen molar-refractivity contribution < 1.29 is 49.9 Å². The zero-order valence-electron chi connectivity index (χ0n) is 16.1. The first-order valence-corrected chi connectivity index (χ1v) is 9.33. The van der Waals surface area contributed by atoms with E-state index in [0.717, 1.165) is 7.11 Å². The maximum atomic E-state index is 12.0. The Hall–Kier alpha value is -1.40. The number of aliphatic hydroxyl groups excluding tert-OH is 1. The predicted octanol–water partition coefficient (Wildman–Crippen LogP) is 2.01. The molecule has 0 fully saturated rings. The van der Waals surface area contributed by atoms with Gasteiger partial charge in [0.15, 0.2) is 12.2 Å². The standard InChI is InChI=1S/C8H13F3O5S.C7H14O3/c1-5(2)4-6(7(12)15-3)16-17(13,14)8(9,10)11;1-5(2)4-6(8)7(9)10-3/h5-6H,4H2,1-3H3;5-6,8H,4H2,1-3H3/t2*6-/m00/s1. The fourth-order valence-corrected chi connectivity index (χ4v) is 2.19. The third-order valence-electron chi connectivity index (χ3n) is 2.84. The summed E-state index contributed by atoms with van der Waals surface area (Å²) < 4.78 is 69.9. The number of methoxy groups -OCH3 is 2. The normalized spacial score (nSPS) is 14.2. The van der Waals surface area contributed by atoms with Crippen LogP contribution in [0.4, 0.5) is 13.2 Å². The van der Waals surface area contributed by atoms with E-state index in [0.29, 0.717) is 12.3 Å². The van der Waals surface area contributed by atoms with Crippen LogP contribution < -0.4 is 0 Å². The Kier molecular flexibility index (Phi) is 12.5. The van der Waals surface area contributed by atoms with E-state index in [1.807, 2.05) is 13.8 Å². The van der Waals surface area contributed by atoms with Gasteiger partial charge in [0.1, 0.15) is 0 Å². The number of hydrogen-bond donors (Lipinski definition) is 1. The van der Waals surface area contributed by atoms with Crippen molar-refractivity contribution in [3.05, 3.63) is 0 Å². The van der Waals surface area contributed by atoms with Crippen LogP contribution in [0.3, 0.4) is 0 Å². The number of carbonyl (C=O) groups excluding carboxylic acids is 2. The van der Waals surface area contributed by atoms with Crippen molar-refractivity contribution in [2.24, 2.45) is 11.8 Å². The van der Waals surface area contributed by atoms with Gasteiger partial charge in [0, 0.05) is 0 Å². The van der Waals surface area contributed by atoms with E-state index in [1.165, 1.54) is 7.11 Å². The van der Waals surface area contributed by atoms with Gasteiger partial charge in [-0.05, 0) is 24.7 Å². The molecule has 0 aliphatic rings. The van der Waals surface area contributed by atoms with Gasteiger partial charge >= 0.3 is 27.6 Å². The van der Waals surface area contributed by atoms with Crippen LogP contribution in [0.15, 0.2) is 0 Å². The quantitative estimate of drug-likeness (QED) is 0.357. The molecule has 0 saturated carbocycles. The van der Waals surface area contributed by atoms with E-state index in [2.05, 4.69) is 13.7 Å². The van der Waals surface area contributed by atoms with Crippen LogP contribution in [0.1, 0.15) is 40.5 Å². The maximum Gasteiger partial charge on any atom is 0.523 e. The van der Waals surface area contributed by atoms with Gasteiger partial charge in [-0.2, -0.15) is 21.6 Å². The Morgan fingerprint density at radius 2 is 1.33 bits per heavy atom. The molecule has 0 saturated heterocycles. The molecule has 0 aromatic carbocycles. The Morgan fingerprint density at radius 3 is 1.63 bits per heavy atom. The third kappa shape index (κ3) is 11.8. The molecule has 0 rings (SSSR count). The van der Waals surface area contributed by atoms with Crippen LogP contribution >= 0.6 is 0 Å². The molecule has 0 aromatic rings. The van der Waals surface area contributed by atoms with Gasteiger partial charge in [0.2, 0.25) is 0 Å². The van der Waals surface area contributed by atoms with Gasteiger partial charge in [-0.25, -0.2) is 13.8 Å². The predicted molar refractivity (Wildman–Crippen MR) is 88.8 cm³/mol. The Bertz CT molecular complexity index is 558. The summed E-state index contributed by atoms with van der Waals surface area (Å²) in [5.74, 6) is -1.63. The van der Waals surface area contributed by atoms with E-state index < -0.39 is 39.8 Å². The third-order valence-corrected chi connectivity index (χ3v) is 3.90. The Labute approximate surface area is 157 Å². The largest absolute Gasteiger partial charge is 0.523 e. The molecule has 1 N–H and O–H groups in total. The van der Waals surface area contributed by atoms with Crippen LogP contribution in [0.5, 0.6) is 0 Å². The van der Waals surface area contributed by atoms with Gasteiger partial charge in [-0.3, -0.25) is 0 Å². The van der Waals surface area contributed by atoms with Crippen LogP contribution in [-0.4, -0.2) is 57.4 Å². The second kappa shape index (κ2) is 12.1. The second-order valence-corrected chi connectivity index (χ2v) is 7.87. The summed E-state index contributed by atoms with van der Waals surface area (Å²) in [5.41, 5.74) is -5.56. The number of hydrogen-bond acceptors (Lipinski definition) is 8. The minimum Gasteiger partial charge on any atom is -0.467 e. The van der Waals surface area contributed by atoms with Crippen molar-refractivity contribution >= 4 is 22.1 Å². The molecule has 0 bridgehead atoms. The van der Waals surface area contributed by atoms with Gasteiger partial charge < -0.3 is 14.6 Å². The van der Waals surface area contributed by atoms with E-state index in [-0.39, 0.29) is 12.3 Å². The fourth-order valence-electron chi connectivity index (χ4n) is 1.62. The molecule has 0 aromatic heterocycles. The lowest BCUT2D eigenvalue weighted by Gasteiger charge is -2.17. The molecule has 2 atom stereocenters. The van der Waals surface area contributed by atoms with Gasteiger partial charge in [0.25, 0.3) is 0 Å². The first-order chi connectivity index (χ1) is 12.1. The average Bonchev–Trinajstić information content (AvgIpc) is 2.50. The molecule has 0 radical (unpaired) electrons. The molecular formula is C15H27F3O8S. The average molecular weight is 424 g/mol. The summed E-state index contributed by atoms with van der Waals surface area (Å²) in [7, 11) is -3.60. The summed E-state index contributed by atoms with van der Waals surface area (Å²) in [4.78, 5) is 21.6. The SMILES string of the molecule is COC(=O)[C@@H](O)CC(C)C.COC(=O)[C@H](CC(C)C)OS(=O)(=O)C(F)(F)F. The first kappa shape index (κ1) is 27.8. The van der Waals surface area contributed by atoms with E-state index in [1.54, 1.807) is 13.8 Å². The smallest absolute Gasteiger partial charge is 0.467 e. The van der Waals surface area contributed by atoms with Crippen LogP contribution in [0.25, 0.3) is 0 Å². The lowest BCUT2D eigenvalue weighted by molar-refractivity contribution is -0.151. The van der Waals surface area contributed by atoms with Gasteiger partial charge in [-0.15, -0.1) is 0 Å². The highest BCUT2D eigenvalue weighted by Gasteiger charge is 2.49. The van der Waals surface area contributed by atoms with Crippen LogP contribution in [0, 0.1) is 11.8 Å². The van der Waals surface area contributed by atoms with Gasteiger partial charge in [0.05, 0.1) is 14.2 Å².